The van der Waals surface area contributed by atoms with E-state index in [-0.39, 0.29) is 11.1 Å². The molecular formula is C25H26F3N3O5. The second-order valence-electron chi connectivity index (χ2n) is 8.44. The molecule has 0 radical (unpaired) electrons. The zero-order chi connectivity index (χ0) is 26.3. The molecule has 4 N–H and O–H groups in total. The van der Waals surface area contributed by atoms with Crippen LogP contribution in [0, 0.1) is 17.7 Å². The summed E-state index contributed by atoms with van der Waals surface area (Å²) in [4.78, 5) is 26.4. The summed E-state index contributed by atoms with van der Waals surface area (Å²) >= 11 is 0. The lowest BCUT2D eigenvalue weighted by Crippen LogP contribution is -2.61. The predicted octanol–water partition coefficient (Wildman–Crippen LogP) is 1.68. The molecule has 2 amide bonds. The summed E-state index contributed by atoms with van der Waals surface area (Å²) in [5.41, 5.74) is -0.414. The molecular weight excluding hydrogens is 479 g/mol. The standard InChI is InChI=1S/C25H26F3N3O5/c1-25(34,24(27)28)21(23(33)30-35)29-22(32)19-9-8-18(20(26)14-19)7-6-16-2-4-17(5-3-16)15-31-10-12-36-13-11-31/h2-5,8-9,14,21,24,34-35H,10-13,15H2,1H3,(H,29,32)(H,30,33). The number of ether oxygens (including phenoxy) is 1. The van der Waals surface area contributed by atoms with Crippen LogP contribution in [-0.4, -0.2) is 71.4 Å². The summed E-state index contributed by atoms with van der Waals surface area (Å²) in [7, 11) is 0. The van der Waals surface area contributed by atoms with E-state index in [9.17, 15) is 27.9 Å². The van der Waals surface area contributed by atoms with E-state index in [0.717, 1.165) is 36.7 Å². The Labute approximate surface area is 206 Å². The summed E-state index contributed by atoms with van der Waals surface area (Å²) < 4.78 is 46.2. The van der Waals surface area contributed by atoms with Crippen LogP contribution in [0.2, 0.25) is 0 Å². The number of hydrogen-bond acceptors (Lipinski definition) is 6. The van der Waals surface area contributed by atoms with Crippen molar-refractivity contribution < 1.29 is 37.8 Å². The van der Waals surface area contributed by atoms with Crippen LogP contribution < -0.4 is 10.8 Å². The van der Waals surface area contributed by atoms with Crippen LogP contribution in [-0.2, 0) is 16.1 Å². The average Bonchev–Trinajstić information content (AvgIpc) is 2.87. The molecule has 2 unspecified atom stereocenters. The van der Waals surface area contributed by atoms with Crippen molar-refractivity contribution in [1.82, 2.24) is 15.7 Å². The Morgan fingerprint density at radius 1 is 1.14 bits per heavy atom. The molecule has 2 aromatic carbocycles. The number of alkyl halides is 2. The van der Waals surface area contributed by atoms with Crippen LogP contribution >= 0.6 is 0 Å². The zero-order valence-corrected chi connectivity index (χ0v) is 19.4. The Hall–Kier alpha value is -3.43. The normalized spacial score (nSPS) is 16.4. The van der Waals surface area contributed by atoms with Crippen molar-refractivity contribution in [2.75, 3.05) is 26.3 Å². The average molecular weight is 505 g/mol. The van der Waals surface area contributed by atoms with Crippen molar-refractivity contribution in [1.29, 1.82) is 0 Å². The van der Waals surface area contributed by atoms with Gasteiger partial charge in [-0.3, -0.25) is 19.7 Å². The number of nitrogens with zero attached hydrogens (tertiary/aromatic N) is 1. The summed E-state index contributed by atoms with van der Waals surface area (Å²) in [6.07, 6.45) is -3.43. The number of carbonyl (C=O) groups is 2. The lowest BCUT2D eigenvalue weighted by atomic mass is 9.95. The fraction of sp³-hybridized carbons (Fsp3) is 0.360. The largest absolute Gasteiger partial charge is 0.381 e. The molecule has 3 rings (SSSR count). The van der Waals surface area contributed by atoms with Crippen molar-refractivity contribution in [3.8, 4) is 11.8 Å². The molecule has 11 heteroatoms. The van der Waals surface area contributed by atoms with Gasteiger partial charge in [0.15, 0.2) is 5.60 Å². The van der Waals surface area contributed by atoms with E-state index in [0.29, 0.717) is 25.7 Å². The Balaban J connectivity index is 1.68. The molecule has 2 aromatic rings. The third-order valence-electron chi connectivity index (χ3n) is 5.71. The smallest absolute Gasteiger partial charge is 0.269 e. The second kappa shape index (κ2) is 12.0. The fourth-order valence-electron chi connectivity index (χ4n) is 3.49. The first-order valence-corrected chi connectivity index (χ1v) is 11.1. The highest BCUT2D eigenvalue weighted by molar-refractivity contribution is 5.98. The van der Waals surface area contributed by atoms with Gasteiger partial charge in [-0.05, 0) is 42.8 Å². The van der Waals surface area contributed by atoms with Gasteiger partial charge in [0.05, 0.1) is 18.8 Å². The monoisotopic (exact) mass is 505 g/mol. The SMILES string of the molecule is CC(O)(C(F)F)C(NC(=O)c1ccc(C#Cc2ccc(CN3CCOCC3)cc2)c(F)c1)C(=O)NO. The minimum Gasteiger partial charge on any atom is -0.381 e. The molecule has 1 saturated heterocycles. The van der Waals surface area contributed by atoms with Crippen LogP contribution in [0.3, 0.4) is 0 Å². The fourth-order valence-corrected chi connectivity index (χ4v) is 3.49. The van der Waals surface area contributed by atoms with E-state index in [1.54, 1.807) is 0 Å². The molecule has 8 nitrogen and oxygen atoms in total. The minimum absolute atomic E-state index is 0.00632. The molecule has 2 atom stereocenters. The maximum Gasteiger partial charge on any atom is 0.269 e. The van der Waals surface area contributed by atoms with Crippen molar-refractivity contribution >= 4 is 11.8 Å². The minimum atomic E-state index is -3.43. The van der Waals surface area contributed by atoms with Gasteiger partial charge >= 0.3 is 0 Å². The number of carbonyl (C=O) groups excluding carboxylic acids is 2. The van der Waals surface area contributed by atoms with Gasteiger partial charge in [0, 0.05) is 30.8 Å². The first kappa shape index (κ1) is 27.2. The number of benzene rings is 2. The van der Waals surface area contributed by atoms with Crippen molar-refractivity contribution in [2.24, 2.45) is 0 Å². The lowest BCUT2D eigenvalue weighted by molar-refractivity contribution is -0.149. The van der Waals surface area contributed by atoms with Gasteiger partial charge in [0.25, 0.3) is 18.2 Å². The van der Waals surface area contributed by atoms with Crippen molar-refractivity contribution in [3.63, 3.8) is 0 Å². The number of rotatable bonds is 7. The molecule has 0 bridgehead atoms. The van der Waals surface area contributed by atoms with Crippen molar-refractivity contribution in [2.45, 2.75) is 31.5 Å². The van der Waals surface area contributed by atoms with Gasteiger partial charge < -0.3 is 15.2 Å². The van der Waals surface area contributed by atoms with Crippen LogP contribution in [0.5, 0.6) is 0 Å². The number of amides is 2. The van der Waals surface area contributed by atoms with Crippen LogP contribution in [0.4, 0.5) is 13.2 Å². The predicted molar refractivity (Wildman–Crippen MR) is 123 cm³/mol. The molecule has 1 fully saturated rings. The number of morpholine rings is 1. The summed E-state index contributed by atoms with van der Waals surface area (Å²) in [5, 5.41) is 20.5. The molecule has 0 saturated carbocycles. The Morgan fingerprint density at radius 3 is 2.39 bits per heavy atom. The van der Waals surface area contributed by atoms with E-state index >= 15 is 0 Å². The maximum absolute atomic E-state index is 14.6. The highest BCUT2D eigenvalue weighted by Crippen LogP contribution is 2.21. The first-order valence-electron chi connectivity index (χ1n) is 11.1. The van der Waals surface area contributed by atoms with Crippen LogP contribution in [0.15, 0.2) is 42.5 Å². The highest BCUT2D eigenvalue weighted by atomic mass is 19.3. The third-order valence-corrected chi connectivity index (χ3v) is 5.71. The quantitative estimate of drug-likeness (QED) is 0.259. The summed E-state index contributed by atoms with van der Waals surface area (Å²) in [6, 6.07) is 8.58. The van der Waals surface area contributed by atoms with Gasteiger partial charge in [-0.2, -0.15) is 0 Å². The van der Waals surface area contributed by atoms with Gasteiger partial charge in [-0.25, -0.2) is 18.7 Å². The molecule has 36 heavy (non-hydrogen) atoms. The van der Waals surface area contributed by atoms with E-state index in [1.807, 2.05) is 29.6 Å². The number of hydrogen-bond donors (Lipinski definition) is 4. The molecule has 1 aliphatic rings. The maximum atomic E-state index is 14.6. The van der Waals surface area contributed by atoms with Gasteiger partial charge in [-0.1, -0.05) is 24.0 Å². The lowest BCUT2D eigenvalue weighted by Gasteiger charge is -2.30. The summed E-state index contributed by atoms with van der Waals surface area (Å²) in [6.45, 7) is 4.58. The van der Waals surface area contributed by atoms with E-state index in [2.05, 4.69) is 16.7 Å². The molecule has 1 aliphatic heterocycles. The summed E-state index contributed by atoms with van der Waals surface area (Å²) in [5.74, 6) is 2.11. The van der Waals surface area contributed by atoms with Crippen LogP contribution in [0.1, 0.15) is 34.0 Å². The van der Waals surface area contributed by atoms with Gasteiger partial charge in [0.2, 0.25) is 0 Å². The number of nitrogens with one attached hydrogen (secondary N) is 2. The van der Waals surface area contributed by atoms with E-state index < -0.39 is 35.7 Å². The highest BCUT2D eigenvalue weighted by Gasteiger charge is 2.46. The second-order valence-corrected chi connectivity index (χ2v) is 8.44. The Kier molecular flexibility index (Phi) is 9.06. The zero-order valence-electron chi connectivity index (χ0n) is 19.4. The number of halogens is 3. The van der Waals surface area contributed by atoms with Gasteiger partial charge in [-0.15, -0.1) is 0 Å². The first-order chi connectivity index (χ1) is 17.1. The molecule has 0 aromatic heterocycles. The van der Waals surface area contributed by atoms with Crippen LogP contribution in [0.25, 0.3) is 0 Å². The Bertz CT molecular complexity index is 1140. The third kappa shape index (κ3) is 6.83. The molecule has 192 valence electrons. The van der Waals surface area contributed by atoms with Crippen molar-refractivity contribution in [3.05, 3.63) is 70.5 Å². The molecule has 1 heterocycles. The van der Waals surface area contributed by atoms with E-state index in [4.69, 9.17) is 9.94 Å². The number of aliphatic hydroxyl groups is 1. The Morgan fingerprint density at radius 2 is 1.81 bits per heavy atom. The van der Waals surface area contributed by atoms with E-state index in [1.165, 1.54) is 12.1 Å². The molecule has 0 aliphatic carbocycles. The number of hydroxylamine groups is 1. The molecule has 0 spiro atoms. The van der Waals surface area contributed by atoms with Gasteiger partial charge in [0.1, 0.15) is 11.9 Å². The topological polar surface area (TPSA) is 111 Å².